The molecule has 0 aromatic heterocycles. The number of thioether (sulfide) groups is 1. The van der Waals surface area contributed by atoms with Crippen LogP contribution in [0.15, 0.2) is 0 Å². The minimum Gasteiger partial charge on any atom is -0.313 e. The summed E-state index contributed by atoms with van der Waals surface area (Å²) in [5.41, 5.74) is 0. The van der Waals surface area contributed by atoms with E-state index in [1.807, 2.05) is 11.8 Å². The average molecular weight is 189 g/mol. The molecule has 0 saturated carbocycles. The Balaban J connectivity index is 3.43. The summed E-state index contributed by atoms with van der Waals surface area (Å²) in [5, 5.41) is 4.35. The summed E-state index contributed by atoms with van der Waals surface area (Å²) in [6.07, 6.45) is 6.04. The lowest BCUT2D eigenvalue weighted by Crippen LogP contribution is -2.32. The molecule has 0 heterocycles. The second-order valence-corrected chi connectivity index (χ2v) is 4.62. The molecule has 0 spiro atoms. The molecule has 2 atom stereocenters. The second kappa shape index (κ2) is 7.93. The summed E-state index contributed by atoms with van der Waals surface area (Å²) >= 11 is 1.93. The standard InChI is InChI=1S/C10H23NS/c1-5-7-10(6-2)11-8-9(3)12-4/h9-11H,5-8H2,1-4H3. The van der Waals surface area contributed by atoms with E-state index >= 15 is 0 Å². The van der Waals surface area contributed by atoms with Crippen molar-refractivity contribution in [3.63, 3.8) is 0 Å². The molecule has 0 fully saturated rings. The first-order valence-electron chi connectivity index (χ1n) is 5.00. The van der Waals surface area contributed by atoms with Crippen LogP contribution >= 0.6 is 11.8 Å². The van der Waals surface area contributed by atoms with Gasteiger partial charge in [-0.3, -0.25) is 0 Å². The Morgan fingerprint density at radius 1 is 1.33 bits per heavy atom. The van der Waals surface area contributed by atoms with E-state index < -0.39 is 0 Å². The quantitative estimate of drug-likeness (QED) is 0.661. The van der Waals surface area contributed by atoms with Crippen LogP contribution in [0.25, 0.3) is 0 Å². The van der Waals surface area contributed by atoms with Crippen LogP contribution in [0.4, 0.5) is 0 Å². The van der Waals surface area contributed by atoms with Crippen molar-refractivity contribution in [3.8, 4) is 0 Å². The number of rotatable bonds is 7. The summed E-state index contributed by atoms with van der Waals surface area (Å²) in [7, 11) is 0. The Labute approximate surface area is 81.7 Å². The van der Waals surface area contributed by atoms with Gasteiger partial charge in [0.15, 0.2) is 0 Å². The molecule has 74 valence electrons. The smallest absolute Gasteiger partial charge is 0.0141 e. The number of nitrogens with one attached hydrogen (secondary N) is 1. The van der Waals surface area contributed by atoms with Gasteiger partial charge in [0.2, 0.25) is 0 Å². The monoisotopic (exact) mass is 189 g/mol. The first-order valence-corrected chi connectivity index (χ1v) is 6.29. The molecule has 1 N–H and O–H groups in total. The van der Waals surface area contributed by atoms with Crippen LogP contribution in [0.3, 0.4) is 0 Å². The fourth-order valence-corrected chi connectivity index (χ4v) is 1.48. The van der Waals surface area contributed by atoms with Gasteiger partial charge in [-0.2, -0.15) is 11.8 Å². The maximum atomic E-state index is 3.60. The Kier molecular flexibility index (Phi) is 8.14. The van der Waals surface area contributed by atoms with E-state index in [1.165, 1.54) is 19.3 Å². The molecule has 1 nitrogen and oxygen atoms in total. The van der Waals surface area contributed by atoms with Crippen LogP contribution in [0.2, 0.25) is 0 Å². The van der Waals surface area contributed by atoms with E-state index in [0.29, 0.717) is 0 Å². The molecule has 0 rings (SSSR count). The van der Waals surface area contributed by atoms with E-state index in [1.54, 1.807) is 0 Å². The second-order valence-electron chi connectivity index (χ2n) is 3.35. The van der Waals surface area contributed by atoms with E-state index in [4.69, 9.17) is 0 Å². The van der Waals surface area contributed by atoms with Gasteiger partial charge in [-0.1, -0.05) is 27.2 Å². The highest BCUT2D eigenvalue weighted by molar-refractivity contribution is 7.99. The van der Waals surface area contributed by atoms with Gasteiger partial charge < -0.3 is 5.32 Å². The molecule has 0 radical (unpaired) electrons. The Hall–Kier alpha value is 0.310. The van der Waals surface area contributed by atoms with Crippen LogP contribution < -0.4 is 5.32 Å². The van der Waals surface area contributed by atoms with Crippen LogP contribution in [0.5, 0.6) is 0 Å². The van der Waals surface area contributed by atoms with Crippen molar-refractivity contribution in [2.45, 2.75) is 51.3 Å². The van der Waals surface area contributed by atoms with Gasteiger partial charge in [-0.25, -0.2) is 0 Å². The van der Waals surface area contributed by atoms with E-state index in [0.717, 1.165) is 17.8 Å². The molecule has 0 aliphatic heterocycles. The maximum absolute atomic E-state index is 3.60. The number of hydrogen-bond acceptors (Lipinski definition) is 2. The van der Waals surface area contributed by atoms with E-state index in [9.17, 15) is 0 Å². The van der Waals surface area contributed by atoms with Crippen molar-refractivity contribution >= 4 is 11.8 Å². The predicted molar refractivity (Wildman–Crippen MR) is 60.0 cm³/mol. The molecule has 2 unspecified atom stereocenters. The largest absolute Gasteiger partial charge is 0.313 e. The third kappa shape index (κ3) is 5.90. The summed E-state index contributed by atoms with van der Waals surface area (Å²) in [5.74, 6) is 0. The van der Waals surface area contributed by atoms with E-state index in [-0.39, 0.29) is 0 Å². The molecule has 0 aromatic rings. The Bertz CT molecular complexity index is 95.8. The first-order chi connectivity index (χ1) is 5.74. The van der Waals surface area contributed by atoms with Crippen molar-refractivity contribution in [1.82, 2.24) is 5.32 Å². The van der Waals surface area contributed by atoms with E-state index in [2.05, 4.69) is 32.3 Å². The molecule has 0 bridgehead atoms. The topological polar surface area (TPSA) is 12.0 Å². The Morgan fingerprint density at radius 2 is 2.00 bits per heavy atom. The average Bonchev–Trinajstić information content (AvgIpc) is 2.11. The highest BCUT2D eigenvalue weighted by Crippen LogP contribution is 2.05. The van der Waals surface area contributed by atoms with Crippen molar-refractivity contribution in [1.29, 1.82) is 0 Å². The lowest BCUT2D eigenvalue weighted by molar-refractivity contribution is 0.466. The third-order valence-corrected chi connectivity index (χ3v) is 3.20. The van der Waals surface area contributed by atoms with Crippen LogP contribution in [0, 0.1) is 0 Å². The summed E-state index contributed by atoms with van der Waals surface area (Å²) < 4.78 is 0. The minimum atomic E-state index is 0.740. The van der Waals surface area contributed by atoms with Crippen LogP contribution in [-0.4, -0.2) is 24.1 Å². The van der Waals surface area contributed by atoms with Crippen molar-refractivity contribution in [2.24, 2.45) is 0 Å². The number of hydrogen-bond donors (Lipinski definition) is 1. The molecule has 0 amide bonds. The molecule has 12 heavy (non-hydrogen) atoms. The lowest BCUT2D eigenvalue weighted by Gasteiger charge is -2.18. The molecule has 0 saturated heterocycles. The predicted octanol–water partition coefficient (Wildman–Crippen LogP) is 2.91. The third-order valence-electron chi connectivity index (χ3n) is 2.23. The molecule has 0 aliphatic carbocycles. The van der Waals surface area contributed by atoms with Gasteiger partial charge in [-0.15, -0.1) is 0 Å². The van der Waals surface area contributed by atoms with Gasteiger partial charge >= 0.3 is 0 Å². The van der Waals surface area contributed by atoms with Crippen molar-refractivity contribution < 1.29 is 0 Å². The fourth-order valence-electron chi connectivity index (χ4n) is 1.21. The lowest BCUT2D eigenvalue weighted by atomic mass is 10.1. The van der Waals surface area contributed by atoms with Gasteiger partial charge in [0.25, 0.3) is 0 Å². The minimum absolute atomic E-state index is 0.740. The first kappa shape index (κ1) is 12.3. The highest BCUT2D eigenvalue weighted by atomic mass is 32.2. The van der Waals surface area contributed by atoms with Gasteiger partial charge in [0.1, 0.15) is 0 Å². The zero-order valence-corrected chi connectivity index (χ0v) is 9.71. The maximum Gasteiger partial charge on any atom is 0.0141 e. The fraction of sp³-hybridized carbons (Fsp3) is 1.00. The SMILES string of the molecule is CCCC(CC)NCC(C)SC. The molecule has 0 aliphatic rings. The highest BCUT2D eigenvalue weighted by Gasteiger charge is 2.05. The zero-order valence-electron chi connectivity index (χ0n) is 8.89. The van der Waals surface area contributed by atoms with Crippen molar-refractivity contribution in [2.75, 3.05) is 12.8 Å². The van der Waals surface area contributed by atoms with Crippen LogP contribution in [-0.2, 0) is 0 Å². The molecular formula is C10H23NS. The molecule has 0 aromatic carbocycles. The summed E-state index contributed by atoms with van der Waals surface area (Å²) in [4.78, 5) is 0. The summed E-state index contributed by atoms with van der Waals surface area (Å²) in [6, 6.07) is 0.740. The van der Waals surface area contributed by atoms with Crippen LogP contribution in [0.1, 0.15) is 40.0 Å². The van der Waals surface area contributed by atoms with Gasteiger partial charge in [-0.05, 0) is 19.1 Å². The van der Waals surface area contributed by atoms with Crippen molar-refractivity contribution in [3.05, 3.63) is 0 Å². The molecule has 2 heteroatoms. The zero-order chi connectivity index (χ0) is 9.40. The summed E-state index contributed by atoms with van der Waals surface area (Å²) in [6.45, 7) is 7.94. The molecular weight excluding hydrogens is 166 g/mol. The Morgan fingerprint density at radius 3 is 2.42 bits per heavy atom. The normalized spacial score (nSPS) is 16.0. The van der Waals surface area contributed by atoms with Gasteiger partial charge in [0.05, 0.1) is 0 Å². The van der Waals surface area contributed by atoms with Gasteiger partial charge in [0, 0.05) is 17.8 Å².